The summed E-state index contributed by atoms with van der Waals surface area (Å²) >= 11 is 0. The van der Waals surface area contributed by atoms with Crippen LogP contribution in [0.4, 0.5) is 37.7 Å². The van der Waals surface area contributed by atoms with Gasteiger partial charge in [-0.25, -0.2) is 9.98 Å². The minimum Gasteiger partial charge on any atom is -0.246 e. The molecule has 4 aromatic rings. The standard InChI is InChI=1S/C28H18F6N2/c1-15-6-3-7-16(2)24(15)36-26-22-11-5-9-17-8-4-10-21(23(17)22)25(26)35-20-13-18(27(29,30)31)12-19(14-20)28(32,33)34/h3-14H,1-2H3. The molecule has 0 N–H and O–H groups in total. The number of halogens is 6. The van der Waals surface area contributed by atoms with Gasteiger partial charge in [0.1, 0.15) is 0 Å². The van der Waals surface area contributed by atoms with E-state index in [-0.39, 0.29) is 11.8 Å². The Morgan fingerprint density at radius 3 is 1.56 bits per heavy atom. The van der Waals surface area contributed by atoms with Crippen molar-refractivity contribution in [3.05, 3.63) is 106 Å². The number of aliphatic imine (C=N–C) groups is 2. The van der Waals surface area contributed by atoms with Crippen molar-refractivity contribution in [1.82, 2.24) is 0 Å². The minimum absolute atomic E-state index is 0.0967. The average molecular weight is 496 g/mol. The second kappa shape index (κ2) is 8.33. The average Bonchev–Trinajstić information content (AvgIpc) is 3.09. The van der Waals surface area contributed by atoms with Crippen molar-refractivity contribution < 1.29 is 26.3 Å². The number of benzene rings is 4. The molecule has 0 fully saturated rings. The zero-order valence-electron chi connectivity index (χ0n) is 19.1. The maximum Gasteiger partial charge on any atom is 0.416 e. The Balaban J connectivity index is 1.81. The fraction of sp³-hybridized carbons (Fsp3) is 0.143. The number of hydrogen-bond acceptors (Lipinski definition) is 2. The fourth-order valence-corrected chi connectivity index (χ4v) is 4.44. The number of rotatable bonds is 2. The molecule has 36 heavy (non-hydrogen) atoms. The van der Waals surface area contributed by atoms with Gasteiger partial charge in [0.05, 0.1) is 33.9 Å². The predicted molar refractivity (Wildman–Crippen MR) is 129 cm³/mol. The summed E-state index contributed by atoms with van der Waals surface area (Å²) in [4.78, 5) is 9.23. The summed E-state index contributed by atoms with van der Waals surface area (Å²) < 4.78 is 80.8. The van der Waals surface area contributed by atoms with E-state index < -0.39 is 29.2 Å². The molecule has 2 nitrogen and oxygen atoms in total. The smallest absolute Gasteiger partial charge is 0.246 e. The summed E-state index contributed by atoms with van der Waals surface area (Å²) in [6.45, 7) is 3.77. The third kappa shape index (κ3) is 4.17. The molecule has 4 aromatic carbocycles. The Bertz CT molecular complexity index is 1520. The highest BCUT2D eigenvalue weighted by molar-refractivity contribution is 6.61. The van der Waals surface area contributed by atoms with Crippen LogP contribution >= 0.6 is 0 Å². The largest absolute Gasteiger partial charge is 0.416 e. The molecule has 1 aliphatic rings. The first-order valence-corrected chi connectivity index (χ1v) is 11.0. The molecule has 0 atom stereocenters. The molecular weight excluding hydrogens is 478 g/mol. The molecular formula is C28H18F6N2. The van der Waals surface area contributed by atoms with Crippen molar-refractivity contribution in [2.75, 3.05) is 0 Å². The summed E-state index contributed by atoms with van der Waals surface area (Å²) in [6, 6.07) is 17.9. The summed E-state index contributed by atoms with van der Waals surface area (Å²) in [7, 11) is 0. The van der Waals surface area contributed by atoms with E-state index >= 15 is 0 Å². The normalized spacial score (nSPS) is 15.9. The Labute approximate surface area is 202 Å². The zero-order valence-corrected chi connectivity index (χ0v) is 19.1. The lowest BCUT2D eigenvalue weighted by molar-refractivity contribution is -0.143. The topological polar surface area (TPSA) is 24.7 Å². The quantitative estimate of drug-likeness (QED) is 0.248. The number of alkyl halides is 6. The van der Waals surface area contributed by atoms with Gasteiger partial charge in [-0.3, -0.25) is 0 Å². The van der Waals surface area contributed by atoms with Crippen molar-refractivity contribution in [3.63, 3.8) is 0 Å². The highest BCUT2D eigenvalue weighted by atomic mass is 19.4. The Morgan fingerprint density at radius 2 is 1.06 bits per heavy atom. The highest BCUT2D eigenvalue weighted by Crippen LogP contribution is 2.40. The second-order valence-electron chi connectivity index (χ2n) is 8.63. The van der Waals surface area contributed by atoms with E-state index in [9.17, 15) is 26.3 Å². The van der Waals surface area contributed by atoms with Crippen LogP contribution in [0.15, 0.2) is 82.8 Å². The van der Waals surface area contributed by atoms with Crippen LogP contribution in [0.3, 0.4) is 0 Å². The minimum atomic E-state index is -4.97. The third-order valence-electron chi connectivity index (χ3n) is 6.12. The van der Waals surface area contributed by atoms with E-state index in [1.165, 1.54) is 0 Å². The van der Waals surface area contributed by atoms with Gasteiger partial charge >= 0.3 is 12.4 Å². The van der Waals surface area contributed by atoms with Crippen LogP contribution in [-0.2, 0) is 12.4 Å². The van der Waals surface area contributed by atoms with E-state index in [0.717, 1.165) is 21.9 Å². The maximum absolute atomic E-state index is 13.5. The van der Waals surface area contributed by atoms with E-state index in [1.54, 1.807) is 12.1 Å². The predicted octanol–water partition coefficient (Wildman–Crippen LogP) is 8.75. The van der Waals surface area contributed by atoms with Gasteiger partial charge in [-0.2, -0.15) is 26.3 Å². The SMILES string of the molecule is Cc1cccc(C)c1N=C1C(=Nc2cc(C(F)(F)F)cc(C(F)(F)F)c2)c2cccc3cccc1c23. The molecule has 0 bridgehead atoms. The van der Waals surface area contributed by atoms with Crippen molar-refractivity contribution in [1.29, 1.82) is 0 Å². The summed E-state index contributed by atoms with van der Waals surface area (Å²) in [5.74, 6) is 0. The maximum atomic E-state index is 13.5. The molecule has 0 saturated carbocycles. The molecule has 0 heterocycles. The molecule has 0 unspecified atom stereocenters. The van der Waals surface area contributed by atoms with Crippen molar-refractivity contribution >= 4 is 33.6 Å². The Morgan fingerprint density at radius 1 is 0.583 bits per heavy atom. The lowest BCUT2D eigenvalue weighted by atomic mass is 10.1. The number of para-hydroxylation sites is 1. The summed E-state index contributed by atoms with van der Waals surface area (Å²) in [5.41, 5.74) is 1.06. The molecule has 182 valence electrons. The second-order valence-corrected chi connectivity index (χ2v) is 8.63. The molecule has 0 amide bonds. The van der Waals surface area contributed by atoms with Crippen LogP contribution in [0.1, 0.15) is 33.4 Å². The Hall–Kier alpha value is -3.94. The van der Waals surface area contributed by atoms with Gasteiger partial charge in [-0.05, 0) is 48.6 Å². The van der Waals surface area contributed by atoms with Gasteiger partial charge in [0, 0.05) is 16.5 Å². The molecule has 0 radical (unpaired) electrons. The van der Waals surface area contributed by atoms with Gasteiger partial charge in [0.15, 0.2) is 0 Å². The van der Waals surface area contributed by atoms with Gasteiger partial charge < -0.3 is 0 Å². The third-order valence-corrected chi connectivity index (χ3v) is 6.12. The molecule has 0 saturated heterocycles. The molecule has 1 aliphatic carbocycles. The first-order chi connectivity index (χ1) is 16.9. The molecule has 0 spiro atoms. The zero-order chi connectivity index (χ0) is 25.8. The lowest BCUT2D eigenvalue weighted by Gasteiger charge is -2.13. The van der Waals surface area contributed by atoms with Gasteiger partial charge in [0.25, 0.3) is 0 Å². The van der Waals surface area contributed by atoms with Crippen LogP contribution < -0.4 is 0 Å². The van der Waals surface area contributed by atoms with Gasteiger partial charge in [0.2, 0.25) is 0 Å². The van der Waals surface area contributed by atoms with E-state index in [0.29, 0.717) is 34.7 Å². The lowest BCUT2D eigenvalue weighted by Crippen LogP contribution is -2.12. The molecule has 8 heteroatoms. The summed E-state index contributed by atoms with van der Waals surface area (Å²) in [6.07, 6.45) is -9.94. The molecule has 0 aromatic heterocycles. The Kier molecular flexibility index (Phi) is 5.50. The summed E-state index contributed by atoms with van der Waals surface area (Å²) in [5, 5.41) is 1.66. The first-order valence-electron chi connectivity index (χ1n) is 11.0. The van der Waals surface area contributed by atoms with E-state index in [4.69, 9.17) is 4.99 Å². The van der Waals surface area contributed by atoms with Crippen molar-refractivity contribution in [3.8, 4) is 0 Å². The molecule has 5 rings (SSSR count). The monoisotopic (exact) mass is 496 g/mol. The van der Waals surface area contributed by atoms with Gasteiger partial charge in [-0.15, -0.1) is 0 Å². The van der Waals surface area contributed by atoms with Crippen LogP contribution in [0.5, 0.6) is 0 Å². The van der Waals surface area contributed by atoms with E-state index in [1.807, 2.05) is 56.3 Å². The van der Waals surface area contributed by atoms with Crippen LogP contribution in [0.2, 0.25) is 0 Å². The molecule has 0 aliphatic heterocycles. The van der Waals surface area contributed by atoms with Crippen molar-refractivity contribution in [2.45, 2.75) is 26.2 Å². The number of nitrogens with zero attached hydrogens (tertiary/aromatic N) is 2. The van der Waals surface area contributed by atoms with Crippen LogP contribution in [-0.4, -0.2) is 11.4 Å². The number of hydrogen-bond donors (Lipinski definition) is 0. The first kappa shape index (κ1) is 23.8. The fourth-order valence-electron chi connectivity index (χ4n) is 4.44. The highest BCUT2D eigenvalue weighted by Gasteiger charge is 2.37. The van der Waals surface area contributed by atoms with Crippen LogP contribution in [0.25, 0.3) is 10.8 Å². The number of aryl methyl sites for hydroxylation is 2. The van der Waals surface area contributed by atoms with Crippen LogP contribution in [0, 0.1) is 13.8 Å². The van der Waals surface area contributed by atoms with E-state index in [2.05, 4.69) is 4.99 Å². The van der Waals surface area contributed by atoms with Gasteiger partial charge in [-0.1, -0.05) is 54.6 Å². The van der Waals surface area contributed by atoms with Crippen molar-refractivity contribution in [2.24, 2.45) is 9.98 Å².